The normalized spacial score (nSPS) is 16.5. The second-order valence-corrected chi connectivity index (χ2v) is 8.44. The molecule has 0 saturated carbocycles. The van der Waals surface area contributed by atoms with Crippen molar-refractivity contribution in [2.75, 3.05) is 20.2 Å². The number of carbonyl (C=O) groups is 2. The molecule has 2 N–H and O–H groups in total. The SMILES string of the molecule is COc1ccc(O)cc1C=C1CNC(=O)CN(S(=O)(=O)c2ccc(Cl)cc2)C1=O. The minimum atomic E-state index is -4.29. The lowest BCUT2D eigenvalue weighted by Gasteiger charge is -2.20. The molecule has 29 heavy (non-hydrogen) atoms. The molecule has 2 aromatic carbocycles. The zero-order chi connectivity index (χ0) is 21.2. The molecule has 3 rings (SSSR count). The Labute approximate surface area is 172 Å². The van der Waals surface area contributed by atoms with Crippen LogP contribution in [0.4, 0.5) is 0 Å². The Hall–Kier alpha value is -3.04. The van der Waals surface area contributed by atoms with Gasteiger partial charge in [0.05, 0.1) is 12.0 Å². The quantitative estimate of drug-likeness (QED) is 0.706. The molecule has 2 amide bonds. The maximum atomic E-state index is 13.0. The van der Waals surface area contributed by atoms with Gasteiger partial charge in [-0.3, -0.25) is 9.59 Å². The van der Waals surface area contributed by atoms with Gasteiger partial charge < -0.3 is 15.2 Å². The average molecular weight is 437 g/mol. The molecule has 0 radical (unpaired) electrons. The van der Waals surface area contributed by atoms with Gasteiger partial charge in [0.25, 0.3) is 15.9 Å². The van der Waals surface area contributed by atoms with Crippen molar-refractivity contribution in [1.29, 1.82) is 0 Å². The van der Waals surface area contributed by atoms with Crippen LogP contribution in [0, 0.1) is 0 Å². The number of benzene rings is 2. The summed E-state index contributed by atoms with van der Waals surface area (Å²) in [7, 11) is -2.87. The highest BCUT2D eigenvalue weighted by Gasteiger charge is 2.35. The Balaban J connectivity index is 2.06. The van der Waals surface area contributed by atoms with Crippen LogP contribution in [0.5, 0.6) is 11.5 Å². The first kappa shape index (κ1) is 20.7. The van der Waals surface area contributed by atoms with Crippen molar-refractivity contribution in [3.8, 4) is 11.5 Å². The van der Waals surface area contributed by atoms with Gasteiger partial charge in [0.2, 0.25) is 5.91 Å². The minimum Gasteiger partial charge on any atom is -0.508 e. The number of phenols is 1. The summed E-state index contributed by atoms with van der Waals surface area (Å²) in [6, 6.07) is 9.56. The molecule has 1 aliphatic rings. The number of hydrogen-bond donors (Lipinski definition) is 2. The van der Waals surface area contributed by atoms with Crippen molar-refractivity contribution in [2.24, 2.45) is 0 Å². The molecule has 1 aliphatic heterocycles. The number of carbonyl (C=O) groups excluding carboxylic acids is 2. The van der Waals surface area contributed by atoms with E-state index in [9.17, 15) is 23.1 Å². The van der Waals surface area contributed by atoms with Gasteiger partial charge >= 0.3 is 0 Å². The maximum Gasteiger partial charge on any atom is 0.267 e. The number of halogens is 1. The third-order valence-electron chi connectivity index (χ3n) is 4.21. The van der Waals surface area contributed by atoms with E-state index in [4.69, 9.17) is 16.3 Å². The van der Waals surface area contributed by atoms with Crippen molar-refractivity contribution >= 4 is 39.5 Å². The van der Waals surface area contributed by atoms with Gasteiger partial charge in [0.1, 0.15) is 18.0 Å². The number of phenolic OH excluding ortho intramolecular Hbond substituents is 1. The monoisotopic (exact) mass is 436 g/mol. The van der Waals surface area contributed by atoms with Gasteiger partial charge in [-0.05, 0) is 48.5 Å². The van der Waals surface area contributed by atoms with Crippen LogP contribution in [0.15, 0.2) is 52.9 Å². The second-order valence-electron chi connectivity index (χ2n) is 6.14. The third-order valence-corrected chi connectivity index (χ3v) is 6.20. The summed E-state index contributed by atoms with van der Waals surface area (Å²) in [6.45, 7) is -0.832. The van der Waals surface area contributed by atoms with Gasteiger partial charge in [0, 0.05) is 22.7 Å². The number of sulfonamides is 1. The average Bonchev–Trinajstić information content (AvgIpc) is 2.82. The smallest absolute Gasteiger partial charge is 0.267 e. The minimum absolute atomic E-state index is 0.0114. The van der Waals surface area contributed by atoms with E-state index in [1.807, 2.05) is 0 Å². The van der Waals surface area contributed by atoms with Crippen molar-refractivity contribution in [2.45, 2.75) is 4.90 Å². The van der Waals surface area contributed by atoms with Gasteiger partial charge in [-0.2, -0.15) is 0 Å². The molecule has 1 heterocycles. The Bertz CT molecular complexity index is 1100. The number of aromatic hydroxyl groups is 1. The summed E-state index contributed by atoms with van der Waals surface area (Å²) in [4.78, 5) is 24.9. The molecule has 0 aliphatic carbocycles. The first-order valence-electron chi connectivity index (χ1n) is 8.39. The van der Waals surface area contributed by atoms with Crippen molar-refractivity contribution in [1.82, 2.24) is 9.62 Å². The van der Waals surface area contributed by atoms with Crippen LogP contribution >= 0.6 is 11.6 Å². The van der Waals surface area contributed by atoms with Crippen molar-refractivity contribution in [3.63, 3.8) is 0 Å². The molecular weight excluding hydrogens is 420 g/mol. The lowest BCUT2D eigenvalue weighted by Crippen LogP contribution is -2.40. The molecule has 1 fully saturated rings. The van der Waals surface area contributed by atoms with E-state index >= 15 is 0 Å². The van der Waals surface area contributed by atoms with Crippen LogP contribution in [0.1, 0.15) is 5.56 Å². The molecule has 0 atom stereocenters. The zero-order valence-corrected chi connectivity index (χ0v) is 16.8. The van der Waals surface area contributed by atoms with Gasteiger partial charge in [-0.15, -0.1) is 0 Å². The van der Waals surface area contributed by atoms with Gasteiger partial charge in [0.15, 0.2) is 0 Å². The predicted molar refractivity (Wildman–Crippen MR) is 106 cm³/mol. The number of ether oxygens (including phenoxy) is 1. The summed E-state index contributed by atoms with van der Waals surface area (Å²) in [5.41, 5.74) is 0.369. The largest absolute Gasteiger partial charge is 0.508 e. The third kappa shape index (κ3) is 4.36. The lowest BCUT2D eigenvalue weighted by atomic mass is 10.1. The van der Waals surface area contributed by atoms with E-state index in [1.54, 1.807) is 0 Å². The molecule has 0 bridgehead atoms. The first-order chi connectivity index (χ1) is 13.7. The summed E-state index contributed by atoms with van der Waals surface area (Å²) in [6.07, 6.45) is 1.37. The Morgan fingerprint density at radius 3 is 2.52 bits per heavy atom. The summed E-state index contributed by atoms with van der Waals surface area (Å²) in [5, 5.41) is 12.6. The fourth-order valence-corrected chi connectivity index (χ4v) is 4.23. The maximum absolute atomic E-state index is 13.0. The molecule has 152 valence electrons. The Morgan fingerprint density at radius 2 is 1.86 bits per heavy atom. The molecule has 0 unspecified atom stereocenters. The molecule has 8 nitrogen and oxygen atoms in total. The predicted octanol–water partition coefficient (Wildman–Crippen LogP) is 1.78. The van der Waals surface area contributed by atoms with E-state index in [1.165, 1.54) is 55.7 Å². The number of hydrogen-bond acceptors (Lipinski definition) is 6. The molecule has 2 aromatic rings. The van der Waals surface area contributed by atoms with Crippen LogP contribution in [-0.2, 0) is 19.6 Å². The van der Waals surface area contributed by atoms with Crippen LogP contribution in [0.3, 0.4) is 0 Å². The fourth-order valence-electron chi connectivity index (χ4n) is 2.75. The van der Waals surface area contributed by atoms with E-state index in [0.29, 0.717) is 20.6 Å². The van der Waals surface area contributed by atoms with Crippen LogP contribution < -0.4 is 10.1 Å². The van der Waals surface area contributed by atoms with Crippen LogP contribution in [0.2, 0.25) is 5.02 Å². The number of nitrogens with one attached hydrogen (secondary N) is 1. The summed E-state index contributed by atoms with van der Waals surface area (Å²) >= 11 is 5.80. The van der Waals surface area contributed by atoms with Crippen molar-refractivity contribution in [3.05, 3.63) is 58.6 Å². The summed E-state index contributed by atoms with van der Waals surface area (Å²) < 4.78 is 31.7. The number of rotatable bonds is 4. The first-order valence-corrected chi connectivity index (χ1v) is 10.2. The molecular formula is C19H17ClN2O6S. The zero-order valence-electron chi connectivity index (χ0n) is 15.3. The number of methoxy groups -OCH3 is 1. The van der Waals surface area contributed by atoms with Crippen LogP contribution in [-0.4, -0.2) is 49.8 Å². The standard InChI is InChI=1S/C19H17ClN2O6S/c1-28-17-7-4-15(23)9-12(17)8-13-10-21-18(24)11-22(19(13)25)29(26,27)16-5-2-14(20)3-6-16/h2-9,23H,10-11H2,1H3,(H,21,24). The van der Waals surface area contributed by atoms with E-state index in [-0.39, 0.29) is 22.8 Å². The fraction of sp³-hybridized carbons (Fsp3) is 0.158. The molecule has 0 aromatic heterocycles. The molecule has 0 spiro atoms. The second kappa shape index (κ2) is 8.14. The highest BCUT2D eigenvalue weighted by molar-refractivity contribution is 7.89. The lowest BCUT2D eigenvalue weighted by molar-refractivity contribution is -0.127. The van der Waals surface area contributed by atoms with Crippen molar-refractivity contribution < 1.29 is 27.9 Å². The Kier molecular flexibility index (Phi) is 5.81. The van der Waals surface area contributed by atoms with Gasteiger partial charge in [-0.1, -0.05) is 11.6 Å². The Morgan fingerprint density at radius 1 is 1.17 bits per heavy atom. The molecule has 1 saturated heterocycles. The topological polar surface area (TPSA) is 113 Å². The highest BCUT2D eigenvalue weighted by atomic mass is 35.5. The van der Waals surface area contributed by atoms with Gasteiger partial charge in [-0.25, -0.2) is 12.7 Å². The number of amides is 2. The summed E-state index contributed by atoms with van der Waals surface area (Å²) in [5.74, 6) is -1.18. The van der Waals surface area contributed by atoms with E-state index in [0.717, 1.165) is 0 Å². The van der Waals surface area contributed by atoms with E-state index < -0.39 is 28.4 Å². The highest BCUT2D eigenvalue weighted by Crippen LogP contribution is 2.27. The van der Waals surface area contributed by atoms with Crippen LogP contribution in [0.25, 0.3) is 6.08 Å². The van der Waals surface area contributed by atoms with E-state index in [2.05, 4.69) is 5.32 Å². The number of nitrogens with zero attached hydrogens (tertiary/aromatic N) is 1. The molecule has 10 heteroatoms.